The number of carbonyl (C=O) groups is 2. The van der Waals surface area contributed by atoms with Crippen molar-refractivity contribution in [2.24, 2.45) is 0 Å². The molecule has 3 N–H and O–H groups in total. The van der Waals surface area contributed by atoms with Gasteiger partial charge in [-0.05, 0) is 38.0 Å². The SMILES string of the molecule is COc1ccc(C(=O)NC(C)CC(=O)O)cc1S(=O)(=O)NC1CCCC1. The highest BCUT2D eigenvalue weighted by molar-refractivity contribution is 7.89. The maximum atomic E-state index is 12.7. The molecule has 1 saturated carbocycles. The van der Waals surface area contributed by atoms with Crippen LogP contribution in [0.25, 0.3) is 0 Å². The van der Waals surface area contributed by atoms with Gasteiger partial charge in [-0.15, -0.1) is 0 Å². The maximum absolute atomic E-state index is 12.7. The van der Waals surface area contributed by atoms with E-state index in [0.717, 1.165) is 25.7 Å². The molecule has 1 unspecified atom stereocenters. The first-order valence-corrected chi connectivity index (χ1v) is 9.94. The lowest BCUT2D eigenvalue weighted by Gasteiger charge is -2.16. The summed E-state index contributed by atoms with van der Waals surface area (Å²) < 4.78 is 33.2. The number of rotatable bonds is 8. The normalized spacial score (nSPS) is 16.2. The van der Waals surface area contributed by atoms with Crippen LogP contribution in [-0.2, 0) is 14.8 Å². The number of benzene rings is 1. The van der Waals surface area contributed by atoms with E-state index in [-0.39, 0.29) is 28.7 Å². The Balaban J connectivity index is 2.24. The van der Waals surface area contributed by atoms with E-state index >= 15 is 0 Å². The van der Waals surface area contributed by atoms with E-state index in [1.54, 1.807) is 6.92 Å². The standard InChI is InChI=1S/C17H24N2O6S/c1-11(9-16(20)21)18-17(22)12-7-8-14(25-2)15(10-12)26(23,24)19-13-5-3-4-6-13/h7-8,10-11,13,19H,3-6,9H2,1-2H3,(H,18,22)(H,20,21). The molecule has 0 spiro atoms. The molecule has 0 saturated heterocycles. The van der Waals surface area contributed by atoms with E-state index in [1.807, 2.05) is 0 Å². The molecule has 0 bridgehead atoms. The number of aliphatic carboxylic acids is 1. The lowest BCUT2D eigenvalue weighted by molar-refractivity contribution is -0.137. The average molecular weight is 384 g/mol. The van der Waals surface area contributed by atoms with Crippen molar-refractivity contribution in [3.63, 3.8) is 0 Å². The van der Waals surface area contributed by atoms with E-state index in [1.165, 1.54) is 25.3 Å². The summed E-state index contributed by atoms with van der Waals surface area (Å²) in [6.07, 6.45) is 3.31. The van der Waals surface area contributed by atoms with Gasteiger partial charge in [0.15, 0.2) is 0 Å². The molecule has 0 aromatic heterocycles. The second-order valence-corrected chi connectivity index (χ2v) is 8.12. The van der Waals surface area contributed by atoms with E-state index < -0.39 is 27.9 Å². The maximum Gasteiger partial charge on any atom is 0.305 e. The Labute approximate surface area is 153 Å². The van der Waals surface area contributed by atoms with Crippen molar-refractivity contribution in [3.8, 4) is 5.75 Å². The molecule has 144 valence electrons. The Hall–Kier alpha value is -2.13. The van der Waals surface area contributed by atoms with Gasteiger partial charge in [-0.1, -0.05) is 12.8 Å². The van der Waals surface area contributed by atoms with Crippen molar-refractivity contribution in [2.45, 2.75) is 56.0 Å². The third-order valence-corrected chi connectivity index (χ3v) is 5.79. The molecule has 0 heterocycles. The summed E-state index contributed by atoms with van der Waals surface area (Å²) in [7, 11) is -2.48. The quantitative estimate of drug-likeness (QED) is 0.624. The molecule has 2 rings (SSSR count). The summed E-state index contributed by atoms with van der Waals surface area (Å²) in [5.74, 6) is -1.43. The minimum Gasteiger partial charge on any atom is -0.495 e. The highest BCUT2D eigenvalue weighted by Crippen LogP contribution is 2.27. The van der Waals surface area contributed by atoms with E-state index in [4.69, 9.17) is 9.84 Å². The van der Waals surface area contributed by atoms with Crippen LogP contribution in [0.4, 0.5) is 0 Å². The number of carboxylic acid groups (broad SMARTS) is 1. The Bertz CT molecular complexity index is 771. The van der Waals surface area contributed by atoms with E-state index in [0.29, 0.717) is 0 Å². The van der Waals surface area contributed by atoms with Gasteiger partial charge in [0.25, 0.3) is 5.91 Å². The highest BCUT2D eigenvalue weighted by atomic mass is 32.2. The van der Waals surface area contributed by atoms with Gasteiger partial charge in [-0.3, -0.25) is 9.59 Å². The zero-order chi connectivity index (χ0) is 19.3. The van der Waals surface area contributed by atoms with Crippen molar-refractivity contribution >= 4 is 21.9 Å². The van der Waals surface area contributed by atoms with Crippen LogP contribution in [0.1, 0.15) is 49.4 Å². The topological polar surface area (TPSA) is 122 Å². The van der Waals surface area contributed by atoms with Crippen LogP contribution < -0.4 is 14.8 Å². The second kappa shape index (κ2) is 8.50. The highest BCUT2D eigenvalue weighted by Gasteiger charge is 2.26. The molecule has 1 amide bonds. The van der Waals surface area contributed by atoms with Crippen molar-refractivity contribution in [2.75, 3.05) is 7.11 Å². The summed E-state index contributed by atoms with van der Waals surface area (Å²) in [6, 6.07) is 3.41. The molecule has 0 aliphatic heterocycles. The predicted molar refractivity (Wildman–Crippen MR) is 94.8 cm³/mol. The van der Waals surface area contributed by atoms with Crippen LogP contribution in [0.2, 0.25) is 0 Å². The lowest BCUT2D eigenvalue weighted by atomic mass is 10.1. The van der Waals surface area contributed by atoms with Crippen molar-refractivity contribution in [3.05, 3.63) is 23.8 Å². The number of methoxy groups -OCH3 is 1. The zero-order valence-electron chi connectivity index (χ0n) is 14.8. The summed E-state index contributed by atoms with van der Waals surface area (Å²) in [5, 5.41) is 11.3. The molecule has 26 heavy (non-hydrogen) atoms. The smallest absolute Gasteiger partial charge is 0.305 e. The minimum absolute atomic E-state index is 0.106. The summed E-state index contributed by atoms with van der Waals surface area (Å²) in [5.41, 5.74) is 0.120. The van der Waals surface area contributed by atoms with Gasteiger partial charge in [0.05, 0.1) is 13.5 Å². The largest absolute Gasteiger partial charge is 0.495 e. The Morgan fingerprint density at radius 2 is 1.96 bits per heavy atom. The van der Waals surface area contributed by atoms with Gasteiger partial charge in [-0.25, -0.2) is 13.1 Å². The third kappa shape index (κ3) is 5.18. The fourth-order valence-electron chi connectivity index (χ4n) is 2.97. The van der Waals surface area contributed by atoms with Gasteiger partial charge in [0, 0.05) is 17.6 Å². The average Bonchev–Trinajstić information content (AvgIpc) is 3.05. The minimum atomic E-state index is -3.84. The number of ether oxygens (including phenoxy) is 1. The van der Waals surface area contributed by atoms with Crippen LogP contribution in [0.5, 0.6) is 5.75 Å². The van der Waals surface area contributed by atoms with Crippen LogP contribution in [0, 0.1) is 0 Å². The third-order valence-electron chi connectivity index (χ3n) is 4.25. The van der Waals surface area contributed by atoms with Gasteiger partial charge in [0.1, 0.15) is 10.6 Å². The number of nitrogens with one attached hydrogen (secondary N) is 2. The summed E-state index contributed by atoms with van der Waals surface area (Å²) in [6.45, 7) is 1.56. The molecular weight excluding hydrogens is 360 g/mol. The molecule has 1 aromatic carbocycles. The molecule has 0 radical (unpaired) electrons. The lowest BCUT2D eigenvalue weighted by Crippen LogP contribution is -2.35. The van der Waals surface area contributed by atoms with Gasteiger partial charge in [-0.2, -0.15) is 0 Å². The second-order valence-electron chi connectivity index (χ2n) is 6.44. The molecule has 1 aliphatic rings. The number of carbonyl (C=O) groups excluding carboxylic acids is 1. The van der Waals surface area contributed by atoms with Crippen LogP contribution >= 0.6 is 0 Å². The number of carboxylic acids is 1. The van der Waals surface area contributed by atoms with Crippen LogP contribution in [-0.4, -0.2) is 44.6 Å². The number of hydrogen-bond acceptors (Lipinski definition) is 5. The first kappa shape index (κ1) is 20.2. The summed E-state index contributed by atoms with van der Waals surface area (Å²) >= 11 is 0. The van der Waals surface area contributed by atoms with Gasteiger partial charge >= 0.3 is 5.97 Å². The molecule has 1 atom stereocenters. The van der Waals surface area contributed by atoms with Gasteiger partial charge in [0.2, 0.25) is 10.0 Å². The van der Waals surface area contributed by atoms with E-state index in [2.05, 4.69) is 10.0 Å². The molecular formula is C17H24N2O6S. The zero-order valence-corrected chi connectivity index (χ0v) is 15.6. The van der Waals surface area contributed by atoms with Crippen molar-refractivity contribution < 1.29 is 27.9 Å². The number of amides is 1. The fourth-order valence-corrected chi connectivity index (χ4v) is 4.47. The van der Waals surface area contributed by atoms with E-state index in [9.17, 15) is 18.0 Å². The Kier molecular flexibility index (Phi) is 6.60. The first-order valence-electron chi connectivity index (χ1n) is 8.46. The monoisotopic (exact) mass is 384 g/mol. The first-order chi connectivity index (χ1) is 12.2. The number of sulfonamides is 1. The predicted octanol–water partition coefficient (Wildman–Crippen LogP) is 1.51. The molecule has 1 aliphatic carbocycles. The number of hydrogen-bond donors (Lipinski definition) is 3. The van der Waals surface area contributed by atoms with Crippen LogP contribution in [0.15, 0.2) is 23.1 Å². The van der Waals surface area contributed by atoms with Crippen molar-refractivity contribution in [1.29, 1.82) is 0 Å². The Morgan fingerprint density at radius 3 is 2.54 bits per heavy atom. The van der Waals surface area contributed by atoms with Gasteiger partial charge < -0.3 is 15.2 Å². The fraction of sp³-hybridized carbons (Fsp3) is 0.529. The Morgan fingerprint density at radius 1 is 1.31 bits per heavy atom. The molecule has 8 nitrogen and oxygen atoms in total. The molecule has 9 heteroatoms. The van der Waals surface area contributed by atoms with Crippen molar-refractivity contribution in [1.82, 2.24) is 10.0 Å². The molecule has 1 fully saturated rings. The molecule has 1 aromatic rings. The van der Waals surface area contributed by atoms with Crippen LogP contribution in [0.3, 0.4) is 0 Å². The summed E-state index contributed by atoms with van der Waals surface area (Å²) in [4.78, 5) is 22.9.